The van der Waals surface area contributed by atoms with Crippen molar-refractivity contribution in [1.82, 2.24) is 14.7 Å². The third kappa shape index (κ3) is 3.48. The summed E-state index contributed by atoms with van der Waals surface area (Å²) < 4.78 is 2.31. The minimum atomic E-state index is 0.336. The zero-order valence-electron chi connectivity index (χ0n) is 12.3. The van der Waals surface area contributed by atoms with Gasteiger partial charge in [-0.05, 0) is 31.2 Å². The number of nitrogens with one attached hydrogen (secondary N) is 1. The summed E-state index contributed by atoms with van der Waals surface area (Å²) in [5, 5.41) is 4.27. The van der Waals surface area contributed by atoms with Crippen LogP contribution in [-0.2, 0) is 6.54 Å². The van der Waals surface area contributed by atoms with Gasteiger partial charge in [-0.2, -0.15) is 11.8 Å². The number of hydrogen-bond donors (Lipinski definition) is 1. The van der Waals surface area contributed by atoms with Gasteiger partial charge in [-0.25, -0.2) is 4.98 Å². The van der Waals surface area contributed by atoms with Gasteiger partial charge in [0.15, 0.2) is 0 Å². The molecule has 0 atom stereocenters. The van der Waals surface area contributed by atoms with E-state index in [0.717, 1.165) is 29.5 Å². The van der Waals surface area contributed by atoms with Gasteiger partial charge in [0.1, 0.15) is 5.65 Å². The number of hydrogen-bond acceptors (Lipinski definition) is 3. The first-order valence-electron chi connectivity index (χ1n) is 7.01. The molecule has 0 aliphatic heterocycles. The highest BCUT2D eigenvalue weighted by atomic mass is 35.5. The summed E-state index contributed by atoms with van der Waals surface area (Å²) in [4.78, 5) is 4.59. The fourth-order valence-corrected chi connectivity index (χ4v) is 3.37. The highest BCUT2D eigenvalue weighted by molar-refractivity contribution is 8.00. The number of imidazole rings is 1. The zero-order chi connectivity index (χ0) is 14.6. The summed E-state index contributed by atoms with van der Waals surface area (Å²) in [5.74, 6) is 0. The molecule has 0 saturated carbocycles. The zero-order valence-corrected chi connectivity index (χ0v) is 13.9. The van der Waals surface area contributed by atoms with E-state index in [1.165, 1.54) is 12.8 Å². The van der Waals surface area contributed by atoms with E-state index in [0.29, 0.717) is 4.75 Å². The van der Waals surface area contributed by atoms with E-state index in [1.807, 2.05) is 40.7 Å². The molecule has 2 aromatic rings. The molecule has 0 aromatic carbocycles. The molecule has 0 saturated heterocycles. The third-order valence-electron chi connectivity index (χ3n) is 3.94. The Kier molecular flexibility index (Phi) is 5.35. The van der Waals surface area contributed by atoms with Crippen LogP contribution in [0.3, 0.4) is 0 Å². The van der Waals surface area contributed by atoms with Crippen LogP contribution in [0.2, 0.25) is 5.02 Å². The molecule has 0 radical (unpaired) electrons. The third-order valence-corrected chi connectivity index (χ3v) is 5.75. The van der Waals surface area contributed by atoms with Crippen LogP contribution < -0.4 is 5.32 Å². The van der Waals surface area contributed by atoms with E-state index in [4.69, 9.17) is 11.6 Å². The monoisotopic (exact) mass is 311 g/mol. The topological polar surface area (TPSA) is 29.3 Å². The van der Waals surface area contributed by atoms with Gasteiger partial charge in [-0.15, -0.1) is 0 Å². The number of halogens is 1. The van der Waals surface area contributed by atoms with Gasteiger partial charge in [-0.3, -0.25) is 0 Å². The van der Waals surface area contributed by atoms with Crippen LogP contribution in [0.4, 0.5) is 0 Å². The van der Waals surface area contributed by atoms with Crippen LogP contribution in [-0.4, -0.2) is 26.9 Å². The maximum Gasteiger partial charge on any atom is 0.137 e. The fraction of sp³-hybridized carbons (Fsp3) is 0.533. The van der Waals surface area contributed by atoms with Crippen molar-refractivity contribution >= 4 is 29.0 Å². The van der Waals surface area contributed by atoms with E-state index < -0.39 is 0 Å². The Bertz CT molecular complexity index is 555. The molecule has 110 valence electrons. The maximum atomic E-state index is 5.98. The van der Waals surface area contributed by atoms with Crippen molar-refractivity contribution in [3.05, 3.63) is 35.2 Å². The average molecular weight is 312 g/mol. The molecule has 1 N–H and O–H groups in total. The Hall–Kier alpha value is -0.710. The summed E-state index contributed by atoms with van der Waals surface area (Å²) >= 11 is 7.94. The second-order valence-corrected chi connectivity index (χ2v) is 6.75. The lowest BCUT2D eigenvalue weighted by Crippen LogP contribution is -2.36. The molecule has 0 fully saturated rings. The first-order valence-corrected chi connectivity index (χ1v) is 8.61. The van der Waals surface area contributed by atoms with Crippen molar-refractivity contribution < 1.29 is 0 Å². The normalized spacial score (nSPS) is 12.2. The smallest absolute Gasteiger partial charge is 0.137 e. The Balaban J connectivity index is 1.99. The van der Waals surface area contributed by atoms with Crippen LogP contribution in [0.15, 0.2) is 24.5 Å². The highest BCUT2D eigenvalue weighted by Gasteiger charge is 2.24. The fourth-order valence-electron chi connectivity index (χ4n) is 2.38. The van der Waals surface area contributed by atoms with E-state index in [1.54, 1.807) is 0 Å². The Morgan fingerprint density at radius 3 is 2.70 bits per heavy atom. The van der Waals surface area contributed by atoms with Gasteiger partial charge >= 0.3 is 0 Å². The molecule has 3 nitrogen and oxygen atoms in total. The molecular weight excluding hydrogens is 290 g/mol. The van der Waals surface area contributed by atoms with Crippen molar-refractivity contribution in [3.63, 3.8) is 0 Å². The molecule has 2 rings (SSSR count). The molecular formula is C15H22ClN3S. The summed E-state index contributed by atoms with van der Waals surface area (Å²) in [6.07, 6.45) is 8.48. The van der Waals surface area contributed by atoms with Gasteiger partial charge in [-0.1, -0.05) is 25.4 Å². The first-order chi connectivity index (χ1) is 9.62. The SMILES string of the molecule is CCC(CC)(CNCc1cn2cc(Cl)ccc2n1)SC. The van der Waals surface area contributed by atoms with Crippen molar-refractivity contribution in [2.24, 2.45) is 0 Å². The lowest BCUT2D eigenvalue weighted by Gasteiger charge is -2.29. The molecule has 0 aliphatic rings. The second kappa shape index (κ2) is 6.83. The van der Waals surface area contributed by atoms with Gasteiger partial charge < -0.3 is 9.72 Å². The second-order valence-electron chi connectivity index (χ2n) is 5.04. The average Bonchev–Trinajstić information content (AvgIpc) is 2.86. The lowest BCUT2D eigenvalue weighted by atomic mass is 10.0. The number of fused-ring (bicyclic) bond motifs is 1. The molecule has 0 unspecified atom stereocenters. The van der Waals surface area contributed by atoms with Crippen LogP contribution >= 0.6 is 23.4 Å². The summed E-state index contributed by atoms with van der Waals surface area (Å²) in [6.45, 7) is 6.32. The van der Waals surface area contributed by atoms with Crippen LogP contribution in [0, 0.1) is 0 Å². The van der Waals surface area contributed by atoms with Crippen LogP contribution in [0.1, 0.15) is 32.4 Å². The van der Waals surface area contributed by atoms with Gasteiger partial charge in [0.25, 0.3) is 0 Å². The minimum absolute atomic E-state index is 0.336. The predicted molar refractivity (Wildman–Crippen MR) is 88.7 cm³/mol. The largest absolute Gasteiger partial charge is 0.310 e. The number of nitrogens with zero attached hydrogens (tertiary/aromatic N) is 2. The number of aromatic nitrogens is 2. The summed E-state index contributed by atoms with van der Waals surface area (Å²) in [5.41, 5.74) is 1.99. The molecule has 20 heavy (non-hydrogen) atoms. The van der Waals surface area contributed by atoms with Crippen molar-refractivity contribution in [2.75, 3.05) is 12.8 Å². The Labute approximate surface area is 130 Å². The Morgan fingerprint density at radius 2 is 2.05 bits per heavy atom. The highest BCUT2D eigenvalue weighted by Crippen LogP contribution is 2.29. The van der Waals surface area contributed by atoms with Gasteiger partial charge in [0.05, 0.1) is 10.7 Å². The quantitative estimate of drug-likeness (QED) is 0.838. The van der Waals surface area contributed by atoms with Crippen molar-refractivity contribution in [2.45, 2.75) is 38.0 Å². The molecule has 2 aromatic heterocycles. The molecule has 0 aliphatic carbocycles. The van der Waals surface area contributed by atoms with Crippen LogP contribution in [0.25, 0.3) is 5.65 Å². The minimum Gasteiger partial charge on any atom is -0.310 e. The molecule has 5 heteroatoms. The predicted octanol–water partition coefficient (Wildman–Crippen LogP) is 4.00. The van der Waals surface area contributed by atoms with Crippen molar-refractivity contribution in [1.29, 1.82) is 0 Å². The van der Waals surface area contributed by atoms with E-state index in [2.05, 4.69) is 30.4 Å². The summed E-state index contributed by atoms with van der Waals surface area (Å²) in [6, 6.07) is 3.81. The molecule has 0 amide bonds. The molecule has 0 bridgehead atoms. The molecule has 0 spiro atoms. The number of rotatable bonds is 7. The number of thioether (sulfide) groups is 1. The lowest BCUT2D eigenvalue weighted by molar-refractivity contribution is 0.493. The maximum absolute atomic E-state index is 5.98. The van der Waals surface area contributed by atoms with Crippen molar-refractivity contribution in [3.8, 4) is 0 Å². The number of pyridine rings is 1. The Morgan fingerprint density at radius 1 is 1.30 bits per heavy atom. The van der Waals surface area contributed by atoms with E-state index in [-0.39, 0.29) is 0 Å². The first kappa shape index (κ1) is 15.7. The van der Waals surface area contributed by atoms with E-state index in [9.17, 15) is 0 Å². The van der Waals surface area contributed by atoms with Crippen LogP contribution in [0.5, 0.6) is 0 Å². The standard InChI is InChI=1S/C15H22ClN3S/c1-4-15(5-2,20-3)11-17-8-13-10-19-9-12(16)6-7-14(19)18-13/h6-7,9-10,17H,4-5,8,11H2,1-3H3. The van der Waals surface area contributed by atoms with Gasteiger partial charge in [0, 0.05) is 30.2 Å². The van der Waals surface area contributed by atoms with E-state index >= 15 is 0 Å². The van der Waals surface area contributed by atoms with Gasteiger partial charge in [0.2, 0.25) is 0 Å². The summed E-state index contributed by atoms with van der Waals surface area (Å²) in [7, 11) is 0. The molecule has 2 heterocycles.